The van der Waals surface area contributed by atoms with Crippen LogP contribution in [0.2, 0.25) is 0 Å². The van der Waals surface area contributed by atoms with E-state index in [-0.39, 0.29) is 0 Å². The van der Waals surface area contributed by atoms with Gasteiger partial charge in [0.05, 0.1) is 11.0 Å². The highest BCUT2D eigenvalue weighted by atomic mass is 15.2. The van der Waals surface area contributed by atoms with Gasteiger partial charge in [0.25, 0.3) is 0 Å². The standard InChI is InChI=1S/C25H31N3/c1-18-13-14-21-22(27(18)2)15-16-23-25(21)26-24(17-19-9-5-3-6-10-19)28(23)20-11-7-4-8-12-20/h3,5-6,9-10,15-16,18,20H,4,7-8,11-14,17H2,1-2H3/t18-/m0/s1. The topological polar surface area (TPSA) is 21.1 Å². The molecule has 0 amide bonds. The average molecular weight is 374 g/mol. The number of hydrogen-bond donors (Lipinski definition) is 0. The number of hydrogen-bond acceptors (Lipinski definition) is 2. The fourth-order valence-electron chi connectivity index (χ4n) is 5.27. The molecule has 1 aromatic heterocycles. The van der Waals surface area contributed by atoms with Gasteiger partial charge in [0.1, 0.15) is 5.82 Å². The number of benzene rings is 2. The number of imidazole rings is 1. The van der Waals surface area contributed by atoms with Crippen LogP contribution in [0.4, 0.5) is 5.69 Å². The maximum Gasteiger partial charge on any atom is 0.114 e. The molecule has 1 saturated carbocycles. The van der Waals surface area contributed by atoms with Gasteiger partial charge in [0.2, 0.25) is 0 Å². The highest BCUT2D eigenvalue weighted by Crippen LogP contribution is 2.38. The lowest BCUT2D eigenvalue weighted by atomic mass is 9.94. The molecule has 146 valence electrons. The van der Waals surface area contributed by atoms with E-state index in [9.17, 15) is 0 Å². The summed E-state index contributed by atoms with van der Waals surface area (Å²) in [6, 6.07) is 16.7. The quantitative estimate of drug-likeness (QED) is 0.569. The Balaban J connectivity index is 1.66. The number of fused-ring (bicyclic) bond motifs is 3. The van der Waals surface area contributed by atoms with Crippen molar-refractivity contribution in [2.24, 2.45) is 0 Å². The molecule has 0 radical (unpaired) electrons. The Hall–Kier alpha value is -2.29. The van der Waals surface area contributed by atoms with Crippen molar-refractivity contribution in [3.63, 3.8) is 0 Å². The molecular weight excluding hydrogens is 342 g/mol. The van der Waals surface area contributed by atoms with E-state index >= 15 is 0 Å². The molecule has 0 saturated heterocycles. The van der Waals surface area contributed by atoms with E-state index in [4.69, 9.17) is 4.98 Å². The Morgan fingerprint density at radius 1 is 0.964 bits per heavy atom. The van der Waals surface area contributed by atoms with E-state index in [1.807, 2.05) is 0 Å². The first-order chi connectivity index (χ1) is 13.7. The average Bonchev–Trinajstić information content (AvgIpc) is 3.10. The minimum absolute atomic E-state index is 0.606. The molecule has 3 nitrogen and oxygen atoms in total. The molecule has 0 N–H and O–H groups in total. The summed E-state index contributed by atoms with van der Waals surface area (Å²) in [5, 5.41) is 0. The van der Waals surface area contributed by atoms with Crippen LogP contribution in [0.5, 0.6) is 0 Å². The van der Waals surface area contributed by atoms with Crippen molar-refractivity contribution in [2.45, 2.75) is 70.4 Å². The highest BCUT2D eigenvalue weighted by molar-refractivity contribution is 5.86. The normalized spacial score (nSPS) is 20.5. The summed E-state index contributed by atoms with van der Waals surface area (Å²) in [4.78, 5) is 7.73. The fourth-order valence-corrected chi connectivity index (χ4v) is 5.27. The van der Waals surface area contributed by atoms with Crippen molar-refractivity contribution in [3.8, 4) is 0 Å². The zero-order chi connectivity index (χ0) is 19.1. The lowest BCUT2D eigenvalue weighted by Gasteiger charge is -2.34. The molecule has 0 unspecified atom stereocenters. The number of nitrogens with zero attached hydrogens (tertiary/aromatic N) is 3. The fraction of sp³-hybridized carbons (Fsp3) is 0.480. The van der Waals surface area contributed by atoms with Gasteiger partial charge in [-0.1, -0.05) is 49.6 Å². The van der Waals surface area contributed by atoms with Gasteiger partial charge >= 0.3 is 0 Å². The molecule has 3 heteroatoms. The van der Waals surface area contributed by atoms with Crippen molar-refractivity contribution in [1.82, 2.24) is 9.55 Å². The zero-order valence-corrected chi connectivity index (χ0v) is 17.2. The SMILES string of the molecule is C[C@H]1CCc2c(ccc3c2nc(Cc2ccccc2)n3C2CCCCC2)N1C. The van der Waals surface area contributed by atoms with Crippen LogP contribution in [0.25, 0.3) is 11.0 Å². The number of rotatable bonds is 3. The van der Waals surface area contributed by atoms with Crippen LogP contribution < -0.4 is 4.90 Å². The Labute approximate surface area is 168 Å². The lowest BCUT2D eigenvalue weighted by Crippen LogP contribution is -2.33. The highest BCUT2D eigenvalue weighted by Gasteiger charge is 2.27. The third-order valence-corrected chi connectivity index (χ3v) is 7.01. The minimum Gasteiger partial charge on any atom is -0.372 e. The van der Waals surface area contributed by atoms with E-state index in [2.05, 4.69) is 65.9 Å². The summed E-state index contributed by atoms with van der Waals surface area (Å²) >= 11 is 0. The van der Waals surface area contributed by atoms with Crippen molar-refractivity contribution >= 4 is 16.7 Å². The molecule has 5 rings (SSSR count). The second-order valence-electron chi connectivity index (χ2n) is 8.78. The first kappa shape index (κ1) is 17.8. The Kier molecular flexibility index (Phi) is 4.62. The molecule has 1 aliphatic heterocycles. The molecule has 2 aliphatic rings. The van der Waals surface area contributed by atoms with E-state index < -0.39 is 0 Å². The molecular formula is C25H31N3. The van der Waals surface area contributed by atoms with Gasteiger partial charge in [0.15, 0.2) is 0 Å². The maximum absolute atomic E-state index is 5.29. The molecule has 2 heterocycles. The molecule has 28 heavy (non-hydrogen) atoms. The van der Waals surface area contributed by atoms with E-state index in [1.54, 1.807) is 0 Å². The predicted molar refractivity (Wildman–Crippen MR) is 117 cm³/mol. The van der Waals surface area contributed by atoms with Gasteiger partial charge in [0, 0.05) is 36.8 Å². The first-order valence-corrected chi connectivity index (χ1v) is 11.0. The largest absolute Gasteiger partial charge is 0.372 e. The van der Waals surface area contributed by atoms with Crippen molar-refractivity contribution in [2.75, 3.05) is 11.9 Å². The molecule has 1 fully saturated rings. The molecule has 1 aliphatic carbocycles. The number of aryl methyl sites for hydroxylation is 1. The van der Waals surface area contributed by atoms with Gasteiger partial charge in [-0.3, -0.25) is 0 Å². The molecule has 0 spiro atoms. The van der Waals surface area contributed by atoms with E-state index in [1.165, 1.54) is 72.2 Å². The third kappa shape index (κ3) is 3.01. The molecule has 0 bridgehead atoms. The van der Waals surface area contributed by atoms with Gasteiger partial charge in [-0.15, -0.1) is 0 Å². The smallest absolute Gasteiger partial charge is 0.114 e. The number of aromatic nitrogens is 2. The first-order valence-electron chi connectivity index (χ1n) is 11.0. The van der Waals surface area contributed by atoms with E-state index in [0.29, 0.717) is 12.1 Å². The van der Waals surface area contributed by atoms with Crippen LogP contribution in [-0.4, -0.2) is 22.6 Å². The van der Waals surface area contributed by atoms with Crippen molar-refractivity contribution in [3.05, 3.63) is 59.4 Å². The van der Waals surface area contributed by atoms with Gasteiger partial charge < -0.3 is 9.47 Å². The molecule has 2 aromatic carbocycles. The second kappa shape index (κ2) is 7.27. The second-order valence-corrected chi connectivity index (χ2v) is 8.78. The van der Waals surface area contributed by atoms with Crippen molar-refractivity contribution in [1.29, 1.82) is 0 Å². The van der Waals surface area contributed by atoms with E-state index in [0.717, 1.165) is 12.8 Å². The lowest BCUT2D eigenvalue weighted by molar-refractivity contribution is 0.353. The molecule has 1 atom stereocenters. The van der Waals surface area contributed by atoms with Gasteiger partial charge in [-0.05, 0) is 50.3 Å². The summed E-state index contributed by atoms with van der Waals surface area (Å²) in [5.41, 5.74) is 6.81. The Morgan fingerprint density at radius 3 is 2.54 bits per heavy atom. The summed E-state index contributed by atoms with van der Waals surface area (Å²) < 4.78 is 2.61. The third-order valence-electron chi connectivity index (χ3n) is 7.01. The monoisotopic (exact) mass is 373 g/mol. The zero-order valence-electron chi connectivity index (χ0n) is 17.2. The Morgan fingerprint density at radius 2 is 1.75 bits per heavy atom. The predicted octanol–water partition coefficient (Wildman–Crippen LogP) is 5.90. The Bertz CT molecular complexity index is 966. The van der Waals surface area contributed by atoms with Crippen LogP contribution in [-0.2, 0) is 12.8 Å². The van der Waals surface area contributed by atoms with Crippen LogP contribution in [0, 0.1) is 0 Å². The summed E-state index contributed by atoms with van der Waals surface area (Å²) in [6.07, 6.45) is 9.95. The number of anilines is 1. The van der Waals surface area contributed by atoms with Crippen LogP contribution in [0.1, 0.15) is 68.4 Å². The summed E-state index contributed by atoms with van der Waals surface area (Å²) in [6.45, 7) is 2.33. The maximum atomic E-state index is 5.29. The van der Waals surface area contributed by atoms with Gasteiger partial charge in [-0.25, -0.2) is 4.98 Å². The van der Waals surface area contributed by atoms with Crippen LogP contribution in [0.15, 0.2) is 42.5 Å². The van der Waals surface area contributed by atoms with Crippen molar-refractivity contribution < 1.29 is 0 Å². The summed E-state index contributed by atoms with van der Waals surface area (Å²) in [5.74, 6) is 1.25. The molecule has 3 aromatic rings. The van der Waals surface area contributed by atoms with Crippen LogP contribution >= 0.6 is 0 Å². The minimum atomic E-state index is 0.606. The summed E-state index contributed by atoms with van der Waals surface area (Å²) in [7, 11) is 2.23. The van der Waals surface area contributed by atoms with Crippen LogP contribution in [0.3, 0.4) is 0 Å². The van der Waals surface area contributed by atoms with Gasteiger partial charge in [-0.2, -0.15) is 0 Å².